The number of aliphatic hydroxyl groups excluding tert-OH is 1. The Morgan fingerprint density at radius 2 is 1.93 bits per heavy atom. The number of carbonyl (C=O) groups is 1. The standard InChI is InChI=1S/C22H24N2O5/c1-13(2)18-10-19-16(12-29-21(19)8-14(18)3)9-22(26)23-11-20(25)15-4-6-17(7-5-15)24(27)28/h4-8,10,12-13,20,25H,9,11H2,1-3H3,(H,23,26). The number of nitro benzene ring substituents is 1. The van der Waals surface area contributed by atoms with Gasteiger partial charge in [0.1, 0.15) is 5.58 Å². The monoisotopic (exact) mass is 396 g/mol. The van der Waals surface area contributed by atoms with E-state index in [0.29, 0.717) is 11.5 Å². The number of hydrogen-bond acceptors (Lipinski definition) is 5. The molecule has 0 saturated heterocycles. The van der Waals surface area contributed by atoms with Crippen molar-refractivity contribution in [1.29, 1.82) is 0 Å². The van der Waals surface area contributed by atoms with E-state index in [1.807, 2.05) is 13.0 Å². The number of aliphatic hydroxyl groups is 1. The Morgan fingerprint density at radius 1 is 1.24 bits per heavy atom. The molecule has 29 heavy (non-hydrogen) atoms. The van der Waals surface area contributed by atoms with Gasteiger partial charge in [0.05, 0.1) is 23.7 Å². The Labute approximate surface area is 168 Å². The molecule has 1 amide bonds. The van der Waals surface area contributed by atoms with Crippen LogP contribution >= 0.6 is 0 Å². The van der Waals surface area contributed by atoms with Crippen LogP contribution in [-0.2, 0) is 11.2 Å². The van der Waals surface area contributed by atoms with E-state index >= 15 is 0 Å². The molecule has 0 aliphatic carbocycles. The van der Waals surface area contributed by atoms with E-state index in [0.717, 1.165) is 22.1 Å². The van der Waals surface area contributed by atoms with E-state index < -0.39 is 11.0 Å². The number of aryl methyl sites for hydroxylation is 1. The molecule has 0 aliphatic heterocycles. The van der Waals surface area contributed by atoms with Crippen molar-refractivity contribution >= 4 is 22.6 Å². The van der Waals surface area contributed by atoms with Gasteiger partial charge < -0.3 is 14.8 Å². The summed E-state index contributed by atoms with van der Waals surface area (Å²) in [5, 5.41) is 24.5. The minimum absolute atomic E-state index is 0.0166. The van der Waals surface area contributed by atoms with Gasteiger partial charge in [-0.1, -0.05) is 13.8 Å². The van der Waals surface area contributed by atoms with Crippen LogP contribution in [0.3, 0.4) is 0 Å². The van der Waals surface area contributed by atoms with Gasteiger partial charge in [0.2, 0.25) is 5.91 Å². The second-order valence-electron chi connectivity index (χ2n) is 7.47. The number of nitrogens with zero attached hydrogens (tertiary/aromatic N) is 1. The smallest absolute Gasteiger partial charge is 0.269 e. The molecule has 0 radical (unpaired) electrons. The highest BCUT2D eigenvalue weighted by Gasteiger charge is 2.16. The van der Waals surface area contributed by atoms with Crippen LogP contribution in [0, 0.1) is 17.0 Å². The molecule has 2 aromatic carbocycles. The molecule has 1 unspecified atom stereocenters. The zero-order chi connectivity index (χ0) is 21.1. The highest BCUT2D eigenvalue weighted by molar-refractivity contribution is 5.88. The van der Waals surface area contributed by atoms with E-state index in [2.05, 4.69) is 25.2 Å². The van der Waals surface area contributed by atoms with Crippen molar-refractivity contribution in [3.63, 3.8) is 0 Å². The Hall–Kier alpha value is -3.19. The van der Waals surface area contributed by atoms with Gasteiger partial charge in [-0.05, 0) is 53.8 Å². The zero-order valence-corrected chi connectivity index (χ0v) is 16.6. The number of nitro groups is 1. The van der Waals surface area contributed by atoms with Crippen LogP contribution < -0.4 is 5.32 Å². The number of carbonyl (C=O) groups excluding carboxylic acids is 1. The molecule has 1 heterocycles. The van der Waals surface area contributed by atoms with Crippen LogP contribution in [0.15, 0.2) is 47.1 Å². The van der Waals surface area contributed by atoms with Crippen LogP contribution in [0.5, 0.6) is 0 Å². The summed E-state index contributed by atoms with van der Waals surface area (Å²) in [6.45, 7) is 6.31. The van der Waals surface area contributed by atoms with Gasteiger partial charge in [0.15, 0.2) is 0 Å². The quantitative estimate of drug-likeness (QED) is 0.461. The van der Waals surface area contributed by atoms with E-state index in [1.165, 1.54) is 29.8 Å². The average Bonchev–Trinajstić information content (AvgIpc) is 3.06. The molecular formula is C22H24N2O5. The number of benzene rings is 2. The first kappa shape index (κ1) is 20.5. The summed E-state index contributed by atoms with van der Waals surface area (Å²) in [6.07, 6.45) is 0.789. The molecule has 0 fully saturated rings. The molecular weight excluding hydrogens is 372 g/mol. The lowest BCUT2D eigenvalue weighted by Crippen LogP contribution is -2.29. The first-order valence-corrected chi connectivity index (χ1v) is 9.46. The van der Waals surface area contributed by atoms with Gasteiger partial charge in [-0.15, -0.1) is 0 Å². The second kappa shape index (κ2) is 8.45. The summed E-state index contributed by atoms with van der Waals surface area (Å²) in [5.41, 5.74) is 4.37. The Morgan fingerprint density at radius 3 is 2.55 bits per heavy atom. The van der Waals surface area contributed by atoms with Crippen LogP contribution in [0.1, 0.15) is 48.1 Å². The maximum Gasteiger partial charge on any atom is 0.269 e. The summed E-state index contributed by atoms with van der Waals surface area (Å²) in [4.78, 5) is 22.6. The lowest BCUT2D eigenvalue weighted by atomic mass is 9.95. The van der Waals surface area contributed by atoms with E-state index in [-0.39, 0.29) is 24.6 Å². The fourth-order valence-electron chi connectivity index (χ4n) is 3.39. The normalized spacial score (nSPS) is 12.3. The van der Waals surface area contributed by atoms with Crippen LogP contribution in [-0.4, -0.2) is 22.5 Å². The van der Waals surface area contributed by atoms with Gasteiger partial charge >= 0.3 is 0 Å². The lowest BCUT2D eigenvalue weighted by Gasteiger charge is -2.12. The Kier molecular flexibility index (Phi) is 5.98. The molecule has 1 aromatic heterocycles. The molecule has 0 spiro atoms. The summed E-state index contributed by atoms with van der Waals surface area (Å²) >= 11 is 0. The van der Waals surface area contributed by atoms with Crippen molar-refractivity contribution in [2.45, 2.75) is 39.2 Å². The SMILES string of the molecule is Cc1cc2occ(CC(=O)NCC(O)c3ccc([N+](=O)[O-])cc3)c2cc1C(C)C. The molecule has 3 rings (SSSR count). The zero-order valence-electron chi connectivity index (χ0n) is 16.6. The van der Waals surface area contributed by atoms with Crippen molar-refractivity contribution in [2.24, 2.45) is 0 Å². The molecule has 0 aliphatic rings. The third kappa shape index (κ3) is 4.63. The summed E-state index contributed by atoms with van der Waals surface area (Å²) in [7, 11) is 0. The average molecular weight is 396 g/mol. The van der Waals surface area contributed by atoms with Crippen LogP contribution in [0.4, 0.5) is 5.69 Å². The predicted molar refractivity (Wildman–Crippen MR) is 110 cm³/mol. The number of hydrogen-bond donors (Lipinski definition) is 2. The Bertz CT molecular complexity index is 1040. The van der Waals surface area contributed by atoms with Crippen molar-refractivity contribution in [1.82, 2.24) is 5.32 Å². The molecule has 3 aromatic rings. The highest BCUT2D eigenvalue weighted by Crippen LogP contribution is 2.29. The first-order valence-electron chi connectivity index (χ1n) is 9.46. The topological polar surface area (TPSA) is 106 Å². The minimum Gasteiger partial charge on any atom is -0.464 e. The minimum atomic E-state index is -0.948. The molecule has 2 N–H and O–H groups in total. The number of amides is 1. The second-order valence-corrected chi connectivity index (χ2v) is 7.47. The number of rotatable bonds is 7. The van der Waals surface area contributed by atoms with Crippen molar-refractivity contribution < 1.29 is 19.2 Å². The van der Waals surface area contributed by atoms with Gasteiger partial charge in [-0.3, -0.25) is 14.9 Å². The lowest BCUT2D eigenvalue weighted by molar-refractivity contribution is -0.384. The fraction of sp³-hybridized carbons (Fsp3) is 0.318. The summed E-state index contributed by atoms with van der Waals surface area (Å²) in [6, 6.07) is 9.68. The third-order valence-corrected chi connectivity index (χ3v) is 5.00. The van der Waals surface area contributed by atoms with Gasteiger partial charge in [-0.25, -0.2) is 0 Å². The molecule has 7 heteroatoms. The van der Waals surface area contributed by atoms with Crippen molar-refractivity contribution in [2.75, 3.05) is 6.54 Å². The van der Waals surface area contributed by atoms with Gasteiger partial charge in [-0.2, -0.15) is 0 Å². The molecule has 1 atom stereocenters. The number of fused-ring (bicyclic) bond motifs is 1. The number of non-ortho nitro benzene ring substituents is 1. The van der Waals surface area contributed by atoms with Gasteiger partial charge in [0, 0.05) is 29.6 Å². The van der Waals surface area contributed by atoms with Gasteiger partial charge in [0.25, 0.3) is 5.69 Å². The third-order valence-electron chi connectivity index (χ3n) is 5.00. The fourth-order valence-corrected chi connectivity index (χ4v) is 3.39. The van der Waals surface area contributed by atoms with Crippen LogP contribution in [0.2, 0.25) is 0 Å². The maximum absolute atomic E-state index is 12.4. The first-order chi connectivity index (χ1) is 13.8. The molecule has 152 valence electrons. The largest absolute Gasteiger partial charge is 0.464 e. The predicted octanol–water partition coefficient (Wildman–Crippen LogP) is 4.17. The van der Waals surface area contributed by atoms with E-state index in [1.54, 1.807) is 6.26 Å². The highest BCUT2D eigenvalue weighted by atomic mass is 16.6. The van der Waals surface area contributed by atoms with E-state index in [9.17, 15) is 20.0 Å². The number of furan rings is 1. The number of nitrogens with one attached hydrogen (secondary N) is 1. The molecule has 7 nitrogen and oxygen atoms in total. The van der Waals surface area contributed by atoms with E-state index in [4.69, 9.17) is 4.42 Å². The molecule has 0 bridgehead atoms. The summed E-state index contributed by atoms with van der Waals surface area (Å²) < 4.78 is 5.61. The maximum atomic E-state index is 12.4. The van der Waals surface area contributed by atoms with Crippen LogP contribution in [0.25, 0.3) is 11.0 Å². The molecule has 0 saturated carbocycles. The van der Waals surface area contributed by atoms with Crippen molar-refractivity contribution in [3.8, 4) is 0 Å². The van der Waals surface area contributed by atoms with Crippen molar-refractivity contribution in [3.05, 3.63) is 75.0 Å². The Balaban J connectivity index is 1.64. The summed E-state index contributed by atoms with van der Waals surface area (Å²) in [5.74, 6) is 0.133.